The SMILES string of the molecule is CC(C)(C)OC(=O)N1CCCC(=O)C(CCN)C1. The Balaban J connectivity index is 2.65. The highest BCUT2D eigenvalue weighted by Gasteiger charge is 2.29. The van der Waals surface area contributed by atoms with Crippen LogP contribution in [-0.4, -0.2) is 42.0 Å². The Bertz CT molecular complexity index is 310. The molecule has 2 N–H and O–H groups in total. The molecule has 104 valence electrons. The van der Waals surface area contributed by atoms with Gasteiger partial charge in [0.25, 0.3) is 0 Å². The molecule has 0 aromatic heterocycles. The number of amides is 1. The number of hydrogen-bond acceptors (Lipinski definition) is 4. The molecule has 0 bridgehead atoms. The smallest absolute Gasteiger partial charge is 0.410 e. The van der Waals surface area contributed by atoms with E-state index in [1.807, 2.05) is 20.8 Å². The van der Waals surface area contributed by atoms with Gasteiger partial charge in [0.1, 0.15) is 11.4 Å². The number of Topliss-reactive ketones (excluding diaryl/α,β-unsaturated/α-hetero) is 1. The average molecular weight is 256 g/mol. The van der Waals surface area contributed by atoms with E-state index in [1.54, 1.807) is 4.90 Å². The van der Waals surface area contributed by atoms with E-state index < -0.39 is 5.60 Å². The lowest BCUT2D eigenvalue weighted by molar-refractivity contribution is -0.122. The summed E-state index contributed by atoms with van der Waals surface area (Å²) in [6, 6.07) is 0. The van der Waals surface area contributed by atoms with E-state index in [9.17, 15) is 9.59 Å². The van der Waals surface area contributed by atoms with Crippen molar-refractivity contribution in [1.82, 2.24) is 4.90 Å². The van der Waals surface area contributed by atoms with Gasteiger partial charge in [-0.3, -0.25) is 4.79 Å². The van der Waals surface area contributed by atoms with Crippen molar-refractivity contribution < 1.29 is 14.3 Å². The second kappa shape index (κ2) is 6.18. The highest BCUT2D eigenvalue weighted by atomic mass is 16.6. The lowest BCUT2D eigenvalue weighted by Gasteiger charge is -2.27. The largest absolute Gasteiger partial charge is 0.444 e. The molecule has 5 nitrogen and oxygen atoms in total. The van der Waals surface area contributed by atoms with Crippen LogP contribution in [0.2, 0.25) is 0 Å². The number of nitrogens with zero attached hydrogens (tertiary/aromatic N) is 1. The second-order valence-electron chi connectivity index (χ2n) is 5.77. The Kier molecular flexibility index (Phi) is 5.14. The predicted octanol–water partition coefficient (Wildman–Crippen LogP) is 1.55. The van der Waals surface area contributed by atoms with Gasteiger partial charge >= 0.3 is 6.09 Å². The van der Waals surface area contributed by atoms with E-state index >= 15 is 0 Å². The Morgan fingerprint density at radius 1 is 1.50 bits per heavy atom. The van der Waals surface area contributed by atoms with Crippen molar-refractivity contribution in [3.8, 4) is 0 Å². The Hall–Kier alpha value is -1.10. The number of carbonyl (C=O) groups excluding carboxylic acids is 2. The highest BCUT2D eigenvalue weighted by Crippen LogP contribution is 2.18. The van der Waals surface area contributed by atoms with Crippen LogP contribution < -0.4 is 5.73 Å². The van der Waals surface area contributed by atoms with Gasteiger partial charge in [0.15, 0.2) is 0 Å². The molecule has 1 fully saturated rings. The van der Waals surface area contributed by atoms with Crippen LogP contribution in [0.3, 0.4) is 0 Å². The minimum Gasteiger partial charge on any atom is -0.444 e. The summed E-state index contributed by atoms with van der Waals surface area (Å²) < 4.78 is 5.34. The number of ether oxygens (including phenoxy) is 1. The lowest BCUT2D eigenvalue weighted by Crippen LogP contribution is -2.40. The van der Waals surface area contributed by atoms with Gasteiger partial charge in [-0.15, -0.1) is 0 Å². The zero-order valence-electron chi connectivity index (χ0n) is 11.6. The summed E-state index contributed by atoms with van der Waals surface area (Å²) in [4.78, 5) is 25.4. The standard InChI is InChI=1S/C13H24N2O3/c1-13(2,3)18-12(17)15-8-4-5-11(16)10(9-15)6-7-14/h10H,4-9,14H2,1-3H3. The van der Waals surface area contributed by atoms with Crippen LogP contribution in [0, 0.1) is 5.92 Å². The molecule has 0 radical (unpaired) electrons. The van der Waals surface area contributed by atoms with Crippen LogP contribution in [0.4, 0.5) is 4.79 Å². The molecule has 0 aromatic rings. The van der Waals surface area contributed by atoms with Crippen LogP contribution >= 0.6 is 0 Å². The van der Waals surface area contributed by atoms with Crippen LogP contribution in [0.25, 0.3) is 0 Å². The zero-order chi connectivity index (χ0) is 13.8. The maximum absolute atomic E-state index is 12.0. The monoisotopic (exact) mass is 256 g/mol. The molecule has 1 saturated heterocycles. The van der Waals surface area contributed by atoms with Crippen LogP contribution in [0.5, 0.6) is 0 Å². The van der Waals surface area contributed by atoms with Crippen molar-refractivity contribution in [2.45, 2.75) is 45.6 Å². The minimum atomic E-state index is -0.503. The van der Waals surface area contributed by atoms with Crippen LogP contribution in [0.1, 0.15) is 40.0 Å². The van der Waals surface area contributed by atoms with Gasteiger partial charge in [-0.25, -0.2) is 4.79 Å². The third-order valence-corrected chi connectivity index (χ3v) is 2.91. The summed E-state index contributed by atoms with van der Waals surface area (Å²) in [7, 11) is 0. The fraction of sp³-hybridized carbons (Fsp3) is 0.846. The molecule has 0 saturated carbocycles. The molecule has 18 heavy (non-hydrogen) atoms. The fourth-order valence-corrected chi connectivity index (χ4v) is 2.05. The first-order valence-corrected chi connectivity index (χ1v) is 6.54. The lowest BCUT2D eigenvalue weighted by atomic mass is 9.98. The molecule has 1 unspecified atom stereocenters. The summed E-state index contributed by atoms with van der Waals surface area (Å²) in [5.41, 5.74) is 5.01. The number of nitrogens with two attached hydrogens (primary N) is 1. The fourth-order valence-electron chi connectivity index (χ4n) is 2.05. The highest BCUT2D eigenvalue weighted by molar-refractivity contribution is 5.82. The van der Waals surface area contributed by atoms with E-state index in [1.165, 1.54) is 0 Å². The van der Waals surface area contributed by atoms with Crippen LogP contribution in [0.15, 0.2) is 0 Å². The molecule has 5 heteroatoms. The van der Waals surface area contributed by atoms with Crippen molar-refractivity contribution >= 4 is 11.9 Å². The molecule has 0 aliphatic carbocycles. The number of ketones is 1. The van der Waals surface area contributed by atoms with Gasteiger partial charge in [-0.1, -0.05) is 0 Å². The second-order valence-corrected chi connectivity index (χ2v) is 5.77. The van der Waals surface area contributed by atoms with Gasteiger partial charge in [0, 0.05) is 25.4 Å². The van der Waals surface area contributed by atoms with Gasteiger partial charge in [0.05, 0.1) is 0 Å². The summed E-state index contributed by atoms with van der Waals surface area (Å²) in [6.07, 6.45) is 1.54. The zero-order valence-corrected chi connectivity index (χ0v) is 11.6. The van der Waals surface area contributed by atoms with Crippen molar-refractivity contribution in [2.24, 2.45) is 11.7 Å². The van der Waals surface area contributed by atoms with E-state index in [0.717, 1.165) is 0 Å². The van der Waals surface area contributed by atoms with Crippen molar-refractivity contribution in [3.05, 3.63) is 0 Å². The number of hydrogen-bond donors (Lipinski definition) is 1. The minimum absolute atomic E-state index is 0.134. The molecular weight excluding hydrogens is 232 g/mol. The summed E-state index contributed by atoms with van der Waals surface area (Å²) in [5, 5.41) is 0. The number of likely N-dealkylation sites (tertiary alicyclic amines) is 1. The topological polar surface area (TPSA) is 72.6 Å². The summed E-state index contributed by atoms with van der Waals surface area (Å²) in [6.45, 7) is 7.01. The van der Waals surface area contributed by atoms with Crippen molar-refractivity contribution in [1.29, 1.82) is 0 Å². The molecule has 0 spiro atoms. The molecule has 1 amide bonds. The number of rotatable bonds is 2. The molecule has 1 rings (SSSR count). The van der Waals surface area contributed by atoms with Crippen LogP contribution in [-0.2, 0) is 9.53 Å². The molecule has 0 aromatic carbocycles. The predicted molar refractivity (Wildman–Crippen MR) is 69.2 cm³/mol. The third kappa shape index (κ3) is 4.64. The third-order valence-electron chi connectivity index (χ3n) is 2.91. The first-order valence-electron chi connectivity index (χ1n) is 6.54. The summed E-state index contributed by atoms with van der Waals surface area (Å²) >= 11 is 0. The van der Waals surface area contributed by atoms with Gasteiger partial charge < -0.3 is 15.4 Å². The Morgan fingerprint density at radius 3 is 2.72 bits per heavy atom. The van der Waals surface area contributed by atoms with Gasteiger partial charge in [-0.05, 0) is 40.2 Å². The first kappa shape index (κ1) is 15.0. The van der Waals surface area contributed by atoms with Crippen molar-refractivity contribution in [3.63, 3.8) is 0 Å². The van der Waals surface area contributed by atoms with E-state index in [4.69, 9.17) is 10.5 Å². The normalized spacial score (nSPS) is 21.7. The van der Waals surface area contributed by atoms with E-state index in [0.29, 0.717) is 38.9 Å². The summed E-state index contributed by atoms with van der Waals surface area (Å²) in [5.74, 6) is 0.0801. The Morgan fingerprint density at radius 2 is 2.17 bits per heavy atom. The maximum atomic E-state index is 12.0. The van der Waals surface area contributed by atoms with E-state index in [-0.39, 0.29) is 17.8 Å². The van der Waals surface area contributed by atoms with Gasteiger partial charge in [0.2, 0.25) is 0 Å². The molecule has 1 aliphatic heterocycles. The average Bonchev–Trinajstić information content (AvgIpc) is 2.40. The van der Waals surface area contributed by atoms with E-state index in [2.05, 4.69) is 0 Å². The first-order chi connectivity index (χ1) is 8.33. The molecular formula is C13H24N2O3. The Labute approximate surface area is 109 Å². The molecule has 1 heterocycles. The van der Waals surface area contributed by atoms with Crippen molar-refractivity contribution in [2.75, 3.05) is 19.6 Å². The quantitative estimate of drug-likeness (QED) is 0.813. The maximum Gasteiger partial charge on any atom is 0.410 e. The molecule has 1 atom stereocenters. The molecule has 1 aliphatic rings. The van der Waals surface area contributed by atoms with Gasteiger partial charge in [-0.2, -0.15) is 0 Å². The number of carbonyl (C=O) groups is 2.